The summed E-state index contributed by atoms with van der Waals surface area (Å²) in [6.45, 7) is 2.04. The average Bonchev–Trinajstić information content (AvgIpc) is 3.06. The summed E-state index contributed by atoms with van der Waals surface area (Å²) in [5.74, 6) is 0.0953. The van der Waals surface area contributed by atoms with Crippen molar-refractivity contribution in [1.29, 1.82) is 5.26 Å². The number of hydrogen-bond donors (Lipinski definition) is 1. The van der Waals surface area contributed by atoms with E-state index in [1.807, 2.05) is 25.4 Å². The molecule has 0 atom stereocenters. The van der Waals surface area contributed by atoms with Crippen LogP contribution in [0.5, 0.6) is 5.75 Å². The first kappa shape index (κ1) is 18.8. The van der Waals surface area contributed by atoms with Crippen LogP contribution < -0.4 is 10.1 Å². The highest BCUT2D eigenvalue weighted by molar-refractivity contribution is 5.81. The Kier molecular flexibility index (Phi) is 5.09. The third-order valence-corrected chi connectivity index (χ3v) is 5.17. The molecule has 2 amide bonds. The van der Waals surface area contributed by atoms with Crippen LogP contribution >= 0.6 is 0 Å². The highest BCUT2D eigenvalue weighted by Crippen LogP contribution is 2.22. The van der Waals surface area contributed by atoms with Crippen LogP contribution in [0.25, 0.3) is 10.9 Å². The van der Waals surface area contributed by atoms with Crippen molar-refractivity contribution >= 4 is 16.9 Å². The van der Waals surface area contributed by atoms with Gasteiger partial charge in [0.05, 0.1) is 12.2 Å². The number of fused-ring (bicyclic) bond motifs is 1. The first-order valence-electron chi connectivity index (χ1n) is 9.42. The molecule has 1 fully saturated rings. The molecule has 0 radical (unpaired) electrons. The van der Waals surface area contributed by atoms with Crippen LogP contribution in [0, 0.1) is 23.1 Å². The van der Waals surface area contributed by atoms with Gasteiger partial charge in [0.2, 0.25) is 0 Å². The lowest BCUT2D eigenvalue weighted by Gasteiger charge is -2.38. The summed E-state index contributed by atoms with van der Waals surface area (Å²) in [6, 6.07) is 13.9. The standard InChI is InChI=1S/C22H21FN4O2/c1-26-7-6-17-8-15(2-4-20(17)26)11-25-22(28)27-12-16(13-27)14-29-21-5-3-19(23)9-18(21)10-24/h2-9,16H,11-14H2,1H3,(H,25,28). The third kappa shape index (κ3) is 4.02. The Morgan fingerprint density at radius 2 is 2.10 bits per heavy atom. The van der Waals surface area contributed by atoms with Gasteiger partial charge in [-0.2, -0.15) is 5.26 Å². The van der Waals surface area contributed by atoms with Gasteiger partial charge in [-0.3, -0.25) is 0 Å². The van der Waals surface area contributed by atoms with Crippen molar-refractivity contribution in [3.05, 3.63) is 65.6 Å². The maximum atomic E-state index is 13.2. The number of ether oxygens (including phenoxy) is 1. The average molecular weight is 392 g/mol. The third-order valence-electron chi connectivity index (χ3n) is 5.17. The summed E-state index contributed by atoms with van der Waals surface area (Å²) in [5.41, 5.74) is 2.39. The highest BCUT2D eigenvalue weighted by atomic mass is 19.1. The van der Waals surface area contributed by atoms with E-state index in [2.05, 4.69) is 28.1 Å². The second-order valence-corrected chi connectivity index (χ2v) is 7.31. The van der Waals surface area contributed by atoms with Crippen LogP contribution in [0.15, 0.2) is 48.7 Å². The van der Waals surface area contributed by atoms with E-state index >= 15 is 0 Å². The molecule has 0 bridgehead atoms. The number of carbonyl (C=O) groups excluding carboxylic acids is 1. The van der Waals surface area contributed by atoms with E-state index in [1.54, 1.807) is 4.90 Å². The molecule has 0 saturated carbocycles. The van der Waals surface area contributed by atoms with Crippen molar-refractivity contribution < 1.29 is 13.9 Å². The Bertz CT molecular complexity index is 1100. The Morgan fingerprint density at radius 3 is 2.90 bits per heavy atom. The lowest BCUT2D eigenvalue weighted by atomic mass is 10.0. The summed E-state index contributed by atoms with van der Waals surface area (Å²) in [7, 11) is 2.00. The normalized spacial score (nSPS) is 13.8. The van der Waals surface area contributed by atoms with Gasteiger partial charge in [-0.05, 0) is 47.3 Å². The van der Waals surface area contributed by atoms with Gasteiger partial charge in [-0.25, -0.2) is 9.18 Å². The summed E-state index contributed by atoms with van der Waals surface area (Å²) in [4.78, 5) is 14.0. The van der Waals surface area contributed by atoms with Gasteiger partial charge in [0, 0.05) is 44.3 Å². The molecule has 3 aromatic rings. The fraction of sp³-hybridized carbons (Fsp3) is 0.273. The molecule has 1 N–H and O–H groups in total. The van der Waals surface area contributed by atoms with E-state index in [-0.39, 0.29) is 17.5 Å². The Hall–Kier alpha value is -3.53. The number of urea groups is 1. The highest BCUT2D eigenvalue weighted by Gasteiger charge is 2.31. The van der Waals surface area contributed by atoms with Gasteiger partial charge < -0.3 is 19.5 Å². The number of benzene rings is 2. The number of halogens is 1. The predicted molar refractivity (Wildman–Crippen MR) is 107 cm³/mol. The van der Waals surface area contributed by atoms with Crippen molar-refractivity contribution in [2.75, 3.05) is 19.7 Å². The zero-order valence-corrected chi connectivity index (χ0v) is 16.1. The van der Waals surface area contributed by atoms with Crippen molar-refractivity contribution in [2.45, 2.75) is 6.54 Å². The fourth-order valence-electron chi connectivity index (χ4n) is 3.49. The Balaban J connectivity index is 1.23. The fourth-order valence-corrected chi connectivity index (χ4v) is 3.49. The summed E-state index contributed by atoms with van der Waals surface area (Å²) in [5, 5.41) is 13.1. The molecular formula is C22H21FN4O2. The van der Waals surface area contributed by atoms with Gasteiger partial charge in [-0.1, -0.05) is 6.07 Å². The molecular weight excluding hydrogens is 371 g/mol. The van der Waals surface area contributed by atoms with E-state index in [0.29, 0.717) is 32.0 Å². The zero-order chi connectivity index (χ0) is 20.4. The number of nitriles is 1. The van der Waals surface area contributed by atoms with Crippen LogP contribution in [0.2, 0.25) is 0 Å². The van der Waals surface area contributed by atoms with Crippen LogP contribution in [0.4, 0.5) is 9.18 Å². The van der Waals surface area contributed by atoms with Crippen LogP contribution in [-0.2, 0) is 13.6 Å². The molecule has 1 aliphatic rings. The first-order valence-corrected chi connectivity index (χ1v) is 9.42. The Morgan fingerprint density at radius 1 is 1.28 bits per heavy atom. The number of hydrogen-bond acceptors (Lipinski definition) is 3. The van der Waals surface area contributed by atoms with Gasteiger partial charge in [0.25, 0.3) is 0 Å². The lowest BCUT2D eigenvalue weighted by molar-refractivity contribution is 0.0853. The topological polar surface area (TPSA) is 70.3 Å². The predicted octanol–water partition coefficient (Wildman–Crippen LogP) is 3.41. The van der Waals surface area contributed by atoms with E-state index in [4.69, 9.17) is 10.00 Å². The molecule has 0 aliphatic carbocycles. The van der Waals surface area contributed by atoms with Crippen LogP contribution in [0.1, 0.15) is 11.1 Å². The number of aryl methyl sites for hydroxylation is 1. The molecule has 29 heavy (non-hydrogen) atoms. The molecule has 0 spiro atoms. The number of rotatable bonds is 5. The monoisotopic (exact) mass is 392 g/mol. The molecule has 0 unspecified atom stereocenters. The second-order valence-electron chi connectivity index (χ2n) is 7.31. The number of aromatic nitrogens is 1. The minimum Gasteiger partial charge on any atom is -0.492 e. The Labute approximate surface area is 168 Å². The molecule has 2 heterocycles. The van der Waals surface area contributed by atoms with E-state index in [0.717, 1.165) is 22.5 Å². The first-order chi connectivity index (χ1) is 14.0. The quantitative estimate of drug-likeness (QED) is 0.723. The molecule has 1 aromatic heterocycles. The smallest absolute Gasteiger partial charge is 0.317 e. The maximum absolute atomic E-state index is 13.2. The van der Waals surface area contributed by atoms with Gasteiger partial charge >= 0.3 is 6.03 Å². The van der Waals surface area contributed by atoms with Crippen LogP contribution in [-0.4, -0.2) is 35.2 Å². The number of likely N-dealkylation sites (tertiary alicyclic amines) is 1. The number of nitrogens with one attached hydrogen (secondary N) is 1. The summed E-state index contributed by atoms with van der Waals surface area (Å²) in [6.07, 6.45) is 2.01. The van der Waals surface area contributed by atoms with Crippen molar-refractivity contribution in [1.82, 2.24) is 14.8 Å². The van der Waals surface area contributed by atoms with Gasteiger partial charge in [0.1, 0.15) is 17.6 Å². The van der Waals surface area contributed by atoms with E-state index in [1.165, 1.54) is 12.1 Å². The maximum Gasteiger partial charge on any atom is 0.317 e. The van der Waals surface area contributed by atoms with Gasteiger partial charge in [0.15, 0.2) is 0 Å². The molecule has 1 saturated heterocycles. The van der Waals surface area contributed by atoms with Crippen molar-refractivity contribution in [2.24, 2.45) is 13.0 Å². The SMILES string of the molecule is Cn1ccc2cc(CNC(=O)N3CC(COc4ccc(F)cc4C#N)C3)ccc21. The minimum absolute atomic E-state index is 0.103. The molecule has 148 valence electrons. The number of nitrogens with zero attached hydrogens (tertiary/aromatic N) is 3. The van der Waals surface area contributed by atoms with E-state index < -0.39 is 5.82 Å². The lowest BCUT2D eigenvalue weighted by Crippen LogP contribution is -2.55. The van der Waals surface area contributed by atoms with E-state index in [9.17, 15) is 9.18 Å². The number of carbonyl (C=O) groups is 1. The molecule has 2 aromatic carbocycles. The minimum atomic E-state index is -0.466. The van der Waals surface area contributed by atoms with Crippen LogP contribution in [0.3, 0.4) is 0 Å². The molecule has 6 nitrogen and oxygen atoms in total. The second kappa shape index (κ2) is 7.84. The van der Waals surface area contributed by atoms with Crippen molar-refractivity contribution in [3.63, 3.8) is 0 Å². The summed E-state index contributed by atoms with van der Waals surface area (Å²) < 4.78 is 20.9. The molecule has 7 heteroatoms. The number of amides is 2. The summed E-state index contributed by atoms with van der Waals surface area (Å²) >= 11 is 0. The van der Waals surface area contributed by atoms with Gasteiger partial charge in [-0.15, -0.1) is 0 Å². The molecule has 4 rings (SSSR count). The van der Waals surface area contributed by atoms with Crippen molar-refractivity contribution in [3.8, 4) is 11.8 Å². The zero-order valence-electron chi connectivity index (χ0n) is 16.1. The molecule has 1 aliphatic heterocycles. The largest absolute Gasteiger partial charge is 0.492 e.